The van der Waals surface area contributed by atoms with E-state index in [-0.39, 0.29) is 0 Å². The lowest BCUT2D eigenvalue weighted by Crippen LogP contribution is -2.28. The third kappa shape index (κ3) is 2.80. The molecule has 0 aliphatic carbocycles. The van der Waals surface area contributed by atoms with Crippen LogP contribution in [-0.2, 0) is 23.0 Å². The fraction of sp³-hybridized carbons (Fsp3) is 0.400. The van der Waals surface area contributed by atoms with Crippen LogP contribution in [0.15, 0.2) is 40.6 Å². The minimum atomic E-state index is -3.41. The summed E-state index contributed by atoms with van der Waals surface area (Å²) in [6.45, 7) is 6.49. The van der Waals surface area contributed by atoms with Gasteiger partial charge in [0.25, 0.3) is 0 Å². The molecule has 6 heteroatoms. The second-order valence-electron chi connectivity index (χ2n) is 6.84. The van der Waals surface area contributed by atoms with Gasteiger partial charge in [-0.3, -0.25) is 0 Å². The maximum absolute atomic E-state index is 13.1. The van der Waals surface area contributed by atoms with Gasteiger partial charge in [-0.05, 0) is 55.3 Å². The van der Waals surface area contributed by atoms with E-state index < -0.39 is 10.0 Å². The Labute approximate surface area is 159 Å². The third-order valence-corrected chi connectivity index (χ3v) is 8.35. The van der Waals surface area contributed by atoms with Crippen molar-refractivity contribution in [2.75, 3.05) is 13.1 Å². The average molecular weight is 389 g/mol. The molecule has 1 aromatic carbocycles. The van der Waals surface area contributed by atoms with Crippen molar-refractivity contribution in [1.82, 2.24) is 8.87 Å². The summed E-state index contributed by atoms with van der Waals surface area (Å²) < 4.78 is 31.5. The van der Waals surface area contributed by atoms with Gasteiger partial charge in [0.1, 0.15) is 0 Å². The van der Waals surface area contributed by atoms with Crippen LogP contribution in [0.2, 0.25) is 0 Å². The normalized spacial score (nSPS) is 15.9. The SMILES string of the molecule is CCn1c(C)c(Cc2ccccc2S(=O)(=O)N2CCCC2)c2sccc21. The Morgan fingerprint density at radius 1 is 1.12 bits per heavy atom. The Morgan fingerprint density at radius 3 is 2.58 bits per heavy atom. The lowest BCUT2D eigenvalue weighted by molar-refractivity contribution is 0.477. The van der Waals surface area contributed by atoms with Crippen molar-refractivity contribution in [3.8, 4) is 0 Å². The van der Waals surface area contributed by atoms with Gasteiger partial charge in [0.2, 0.25) is 10.0 Å². The lowest BCUT2D eigenvalue weighted by Gasteiger charge is -2.18. The first-order chi connectivity index (χ1) is 12.5. The van der Waals surface area contributed by atoms with Gasteiger partial charge in [0.05, 0.1) is 15.1 Å². The molecule has 2 aromatic heterocycles. The molecule has 0 N–H and O–H groups in total. The zero-order chi connectivity index (χ0) is 18.3. The van der Waals surface area contributed by atoms with Gasteiger partial charge in [-0.15, -0.1) is 11.3 Å². The number of benzene rings is 1. The van der Waals surface area contributed by atoms with E-state index >= 15 is 0 Å². The lowest BCUT2D eigenvalue weighted by atomic mass is 10.1. The number of rotatable bonds is 5. The minimum absolute atomic E-state index is 0.468. The van der Waals surface area contributed by atoms with Crippen molar-refractivity contribution in [3.63, 3.8) is 0 Å². The van der Waals surface area contributed by atoms with E-state index in [0.29, 0.717) is 24.4 Å². The monoisotopic (exact) mass is 388 g/mol. The van der Waals surface area contributed by atoms with E-state index in [1.807, 2.05) is 18.2 Å². The second kappa shape index (κ2) is 6.83. The van der Waals surface area contributed by atoms with Crippen LogP contribution < -0.4 is 0 Å². The van der Waals surface area contributed by atoms with Gasteiger partial charge in [0, 0.05) is 31.7 Å². The highest BCUT2D eigenvalue weighted by Gasteiger charge is 2.29. The topological polar surface area (TPSA) is 42.3 Å². The highest BCUT2D eigenvalue weighted by molar-refractivity contribution is 7.89. The molecule has 1 fully saturated rings. The molecular weight excluding hydrogens is 364 g/mol. The van der Waals surface area contributed by atoms with Crippen molar-refractivity contribution >= 4 is 31.6 Å². The van der Waals surface area contributed by atoms with Gasteiger partial charge in [-0.2, -0.15) is 4.31 Å². The molecule has 3 heterocycles. The summed E-state index contributed by atoms with van der Waals surface area (Å²) in [6, 6.07) is 9.66. The number of hydrogen-bond acceptors (Lipinski definition) is 3. The molecule has 0 radical (unpaired) electrons. The van der Waals surface area contributed by atoms with Crippen molar-refractivity contribution < 1.29 is 8.42 Å². The number of aryl methyl sites for hydroxylation is 1. The smallest absolute Gasteiger partial charge is 0.243 e. The van der Waals surface area contributed by atoms with E-state index in [1.54, 1.807) is 21.7 Å². The molecule has 26 heavy (non-hydrogen) atoms. The number of aromatic nitrogens is 1. The molecule has 3 aromatic rings. The number of thiophene rings is 1. The first-order valence-corrected chi connectivity index (χ1v) is 11.5. The predicted octanol–water partition coefficient (Wildman–Crippen LogP) is 4.41. The van der Waals surface area contributed by atoms with E-state index in [0.717, 1.165) is 24.9 Å². The van der Waals surface area contributed by atoms with Crippen LogP contribution in [0, 0.1) is 6.92 Å². The maximum atomic E-state index is 13.1. The van der Waals surface area contributed by atoms with E-state index in [9.17, 15) is 8.42 Å². The standard InChI is InChI=1S/C20H24N2O2S2/c1-3-22-15(2)17(20-18(22)10-13-25-20)14-16-8-4-5-9-19(16)26(23,24)21-11-6-7-12-21/h4-5,8-10,13H,3,6-7,11-12,14H2,1-2H3. The van der Waals surface area contributed by atoms with Gasteiger partial charge in [-0.1, -0.05) is 18.2 Å². The second-order valence-corrected chi connectivity index (χ2v) is 9.66. The maximum Gasteiger partial charge on any atom is 0.243 e. The number of nitrogens with zero attached hydrogens (tertiary/aromatic N) is 2. The van der Waals surface area contributed by atoms with Crippen molar-refractivity contribution in [3.05, 3.63) is 52.5 Å². The minimum Gasteiger partial charge on any atom is -0.344 e. The van der Waals surface area contributed by atoms with E-state index in [2.05, 4.69) is 29.9 Å². The number of sulfonamides is 1. The fourth-order valence-electron chi connectivity index (χ4n) is 4.02. The molecule has 0 amide bonds. The summed E-state index contributed by atoms with van der Waals surface area (Å²) in [7, 11) is -3.41. The summed E-state index contributed by atoms with van der Waals surface area (Å²) >= 11 is 1.74. The highest BCUT2D eigenvalue weighted by atomic mass is 32.2. The van der Waals surface area contributed by atoms with Crippen LogP contribution in [-0.4, -0.2) is 30.4 Å². The Morgan fingerprint density at radius 2 is 1.85 bits per heavy atom. The van der Waals surface area contributed by atoms with E-state index in [1.165, 1.54) is 21.5 Å². The largest absolute Gasteiger partial charge is 0.344 e. The molecule has 4 nitrogen and oxygen atoms in total. The molecular formula is C20H24N2O2S2. The molecule has 0 saturated carbocycles. The first-order valence-electron chi connectivity index (χ1n) is 9.17. The van der Waals surface area contributed by atoms with Crippen molar-refractivity contribution in [2.24, 2.45) is 0 Å². The molecule has 1 aliphatic heterocycles. The van der Waals surface area contributed by atoms with Gasteiger partial charge in [-0.25, -0.2) is 8.42 Å². The van der Waals surface area contributed by atoms with Crippen molar-refractivity contribution in [2.45, 2.75) is 44.6 Å². The summed E-state index contributed by atoms with van der Waals surface area (Å²) in [5.41, 5.74) is 4.64. The first kappa shape index (κ1) is 17.8. The Balaban J connectivity index is 1.79. The van der Waals surface area contributed by atoms with Crippen LogP contribution >= 0.6 is 11.3 Å². The van der Waals surface area contributed by atoms with Gasteiger partial charge >= 0.3 is 0 Å². The van der Waals surface area contributed by atoms with E-state index in [4.69, 9.17) is 0 Å². The Hall–Kier alpha value is -1.63. The highest BCUT2D eigenvalue weighted by Crippen LogP contribution is 2.34. The van der Waals surface area contributed by atoms with Gasteiger partial charge in [0.15, 0.2) is 0 Å². The van der Waals surface area contributed by atoms with Gasteiger partial charge < -0.3 is 4.57 Å². The molecule has 1 aliphatic rings. The molecule has 0 bridgehead atoms. The van der Waals surface area contributed by atoms with Crippen LogP contribution in [0.4, 0.5) is 0 Å². The molecule has 0 unspecified atom stereocenters. The summed E-state index contributed by atoms with van der Waals surface area (Å²) in [4.78, 5) is 0.468. The molecule has 4 rings (SSSR count). The zero-order valence-electron chi connectivity index (χ0n) is 15.2. The number of hydrogen-bond donors (Lipinski definition) is 0. The van der Waals surface area contributed by atoms with Crippen LogP contribution in [0.3, 0.4) is 0 Å². The van der Waals surface area contributed by atoms with Crippen LogP contribution in [0.5, 0.6) is 0 Å². The fourth-order valence-corrected chi connectivity index (χ4v) is 6.76. The van der Waals surface area contributed by atoms with Crippen LogP contribution in [0.25, 0.3) is 10.2 Å². The molecule has 0 spiro atoms. The van der Waals surface area contributed by atoms with Crippen molar-refractivity contribution in [1.29, 1.82) is 0 Å². The predicted molar refractivity (Wildman–Crippen MR) is 107 cm³/mol. The Kier molecular flexibility index (Phi) is 4.67. The molecule has 138 valence electrons. The average Bonchev–Trinajstić information content (AvgIpc) is 3.36. The zero-order valence-corrected chi connectivity index (χ0v) is 16.9. The quantitative estimate of drug-likeness (QED) is 0.650. The summed E-state index contributed by atoms with van der Waals surface area (Å²) in [5.74, 6) is 0. The Bertz CT molecular complexity index is 1040. The molecule has 0 atom stereocenters. The third-order valence-electron chi connectivity index (χ3n) is 5.39. The summed E-state index contributed by atoms with van der Waals surface area (Å²) in [6.07, 6.45) is 2.56. The van der Waals surface area contributed by atoms with Crippen LogP contribution in [0.1, 0.15) is 36.6 Å². The summed E-state index contributed by atoms with van der Waals surface area (Å²) in [5, 5.41) is 2.12. The molecule has 1 saturated heterocycles. The number of fused-ring (bicyclic) bond motifs is 1.